The van der Waals surface area contributed by atoms with E-state index in [1.807, 2.05) is 48.2 Å². The van der Waals surface area contributed by atoms with Crippen LogP contribution < -0.4 is 0 Å². The number of carbonyl (C=O) groups is 1. The second-order valence-electron chi connectivity index (χ2n) is 6.07. The fourth-order valence-corrected chi connectivity index (χ4v) is 4.35. The van der Waals surface area contributed by atoms with Crippen LogP contribution in [0.15, 0.2) is 87.5 Å². The van der Waals surface area contributed by atoms with Crippen LogP contribution in [0.5, 0.6) is 0 Å². The van der Waals surface area contributed by atoms with Crippen LogP contribution in [-0.2, 0) is 0 Å². The van der Waals surface area contributed by atoms with Crippen molar-refractivity contribution < 1.29 is 4.79 Å². The Bertz CT molecular complexity index is 887. The molecule has 0 saturated carbocycles. The number of halogens is 1. The normalized spacial score (nSPS) is 10.9. The predicted octanol–water partition coefficient (Wildman–Crippen LogP) is 7.22. The Labute approximate surface area is 168 Å². The Balaban J connectivity index is 1.70. The largest absolute Gasteiger partial charge is 0.289 e. The summed E-state index contributed by atoms with van der Waals surface area (Å²) in [6.45, 7) is 4.39. The van der Waals surface area contributed by atoms with Crippen LogP contribution in [0, 0.1) is 0 Å². The molecular formula is C22H19ClOS2. The standard InChI is InChI=1S/C22H19ClOS2/c1-15(2)25-17-11-13-19(14-12-17)26-18-9-7-16(8-10-18)22(24)20-5-3-4-6-21(20)23/h3-15H,1-2H3. The zero-order valence-corrected chi connectivity index (χ0v) is 17.0. The van der Waals surface area contributed by atoms with Gasteiger partial charge in [0.05, 0.1) is 5.02 Å². The first-order chi connectivity index (χ1) is 12.5. The number of hydrogen-bond donors (Lipinski definition) is 0. The molecular weight excluding hydrogens is 380 g/mol. The summed E-state index contributed by atoms with van der Waals surface area (Å²) in [5.41, 5.74) is 1.18. The average molecular weight is 399 g/mol. The van der Waals surface area contributed by atoms with Gasteiger partial charge in [0.2, 0.25) is 0 Å². The number of ketones is 1. The SMILES string of the molecule is CC(C)Sc1ccc(Sc2ccc(C(=O)c3ccccc3Cl)cc2)cc1. The molecule has 0 saturated heterocycles. The minimum atomic E-state index is -0.0535. The third kappa shape index (κ3) is 4.94. The molecule has 26 heavy (non-hydrogen) atoms. The van der Waals surface area contributed by atoms with Gasteiger partial charge in [-0.3, -0.25) is 4.79 Å². The summed E-state index contributed by atoms with van der Waals surface area (Å²) in [4.78, 5) is 16.1. The highest BCUT2D eigenvalue weighted by molar-refractivity contribution is 8.00. The summed E-state index contributed by atoms with van der Waals surface area (Å²) < 4.78 is 0. The van der Waals surface area contributed by atoms with Crippen molar-refractivity contribution in [1.29, 1.82) is 0 Å². The third-order valence-corrected chi connectivity index (χ3v) is 6.03. The Hall–Kier alpha value is -1.68. The summed E-state index contributed by atoms with van der Waals surface area (Å²) >= 11 is 9.67. The number of hydrogen-bond acceptors (Lipinski definition) is 3. The summed E-state index contributed by atoms with van der Waals surface area (Å²) in [7, 11) is 0. The fourth-order valence-electron chi connectivity index (χ4n) is 2.47. The molecule has 0 aromatic heterocycles. The third-order valence-electron chi connectivity index (χ3n) is 3.67. The minimum absolute atomic E-state index is 0.0535. The second-order valence-corrected chi connectivity index (χ2v) is 9.28. The quantitative estimate of drug-likeness (QED) is 0.322. The Morgan fingerprint density at radius 2 is 1.35 bits per heavy atom. The Morgan fingerprint density at radius 1 is 0.808 bits per heavy atom. The zero-order chi connectivity index (χ0) is 18.5. The maximum atomic E-state index is 12.6. The van der Waals surface area contributed by atoms with E-state index in [1.165, 1.54) is 9.79 Å². The van der Waals surface area contributed by atoms with E-state index < -0.39 is 0 Å². The molecule has 0 fully saturated rings. The van der Waals surface area contributed by atoms with E-state index in [9.17, 15) is 4.79 Å². The van der Waals surface area contributed by atoms with Gasteiger partial charge in [-0.15, -0.1) is 11.8 Å². The predicted molar refractivity (Wildman–Crippen MR) is 113 cm³/mol. The van der Waals surface area contributed by atoms with Crippen LogP contribution in [0.2, 0.25) is 5.02 Å². The number of carbonyl (C=O) groups excluding carboxylic acids is 1. The van der Waals surface area contributed by atoms with Crippen molar-refractivity contribution in [3.63, 3.8) is 0 Å². The van der Waals surface area contributed by atoms with Gasteiger partial charge in [0.1, 0.15) is 0 Å². The molecule has 0 radical (unpaired) electrons. The molecule has 3 aromatic rings. The smallest absolute Gasteiger partial charge is 0.194 e. The maximum Gasteiger partial charge on any atom is 0.194 e. The van der Waals surface area contributed by atoms with Crippen LogP contribution in [0.3, 0.4) is 0 Å². The molecule has 3 aromatic carbocycles. The lowest BCUT2D eigenvalue weighted by Crippen LogP contribution is -2.01. The van der Waals surface area contributed by atoms with Crippen molar-refractivity contribution in [2.75, 3.05) is 0 Å². The summed E-state index contributed by atoms with van der Waals surface area (Å²) in [6.07, 6.45) is 0. The maximum absolute atomic E-state index is 12.6. The van der Waals surface area contributed by atoms with Gasteiger partial charge in [-0.25, -0.2) is 0 Å². The van der Waals surface area contributed by atoms with Crippen molar-refractivity contribution in [3.8, 4) is 0 Å². The molecule has 0 aliphatic carbocycles. The minimum Gasteiger partial charge on any atom is -0.289 e. The van der Waals surface area contributed by atoms with E-state index >= 15 is 0 Å². The van der Waals surface area contributed by atoms with Crippen LogP contribution in [0.4, 0.5) is 0 Å². The van der Waals surface area contributed by atoms with E-state index in [2.05, 4.69) is 38.1 Å². The molecule has 132 valence electrons. The molecule has 0 spiro atoms. The molecule has 0 amide bonds. The Kier molecular flexibility index (Phi) is 6.47. The zero-order valence-electron chi connectivity index (χ0n) is 14.6. The van der Waals surface area contributed by atoms with Gasteiger partial charge in [0.15, 0.2) is 5.78 Å². The lowest BCUT2D eigenvalue weighted by Gasteiger charge is -2.07. The van der Waals surface area contributed by atoms with E-state index in [0.29, 0.717) is 21.4 Å². The average Bonchev–Trinajstić information content (AvgIpc) is 2.63. The first kappa shape index (κ1) is 19.1. The number of rotatable bonds is 6. The summed E-state index contributed by atoms with van der Waals surface area (Å²) in [5, 5.41) is 1.06. The van der Waals surface area contributed by atoms with Crippen LogP contribution in [0.1, 0.15) is 29.8 Å². The van der Waals surface area contributed by atoms with Crippen molar-refractivity contribution >= 4 is 40.9 Å². The molecule has 0 aliphatic heterocycles. The molecule has 3 rings (SSSR count). The highest BCUT2D eigenvalue weighted by atomic mass is 35.5. The van der Waals surface area contributed by atoms with Gasteiger partial charge in [0.25, 0.3) is 0 Å². The second kappa shape index (κ2) is 8.81. The van der Waals surface area contributed by atoms with Gasteiger partial charge >= 0.3 is 0 Å². The van der Waals surface area contributed by atoms with E-state index in [4.69, 9.17) is 11.6 Å². The molecule has 0 aliphatic rings. The van der Waals surface area contributed by atoms with E-state index in [-0.39, 0.29) is 5.78 Å². The van der Waals surface area contributed by atoms with Crippen LogP contribution >= 0.6 is 35.1 Å². The van der Waals surface area contributed by atoms with Crippen molar-refractivity contribution in [3.05, 3.63) is 88.9 Å². The highest BCUT2D eigenvalue weighted by Gasteiger charge is 2.12. The van der Waals surface area contributed by atoms with Crippen molar-refractivity contribution in [2.24, 2.45) is 0 Å². The van der Waals surface area contributed by atoms with Gasteiger partial charge in [-0.1, -0.05) is 49.3 Å². The number of thioether (sulfide) groups is 1. The van der Waals surface area contributed by atoms with Crippen molar-refractivity contribution in [2.45, 2.75) is 33.8 Å². The molecule has 0 N–H and O–H groups in total. The molecule has 0 unspecified atom stereocenters. The van der Waals surface area contributed by atoms with Gasteiger partial charge in [-0.2, -0.15) is 0 Å². The van der Waals surface area contributed by atoms with Gasteiger partial charge in [-0.05, 0) is 60.7 Å². The highest BCUT2D eigenvalue weighted by Crippen LogP contribution is 2.31. The first-order valence-electron chi connectivity index (χ1n) is 8.37. The lowest BCUT2D eigenvalue weighted by atomic mass is 10.0. The van der Waals surface area contributed by atoms with E-state index in [0.717, 1.165) is 4.90 Å². The first-order valence-corrected chi connectivity index (χ1v) is 10.4. The van der Waals surface area contributed by atoms with E-state index in [1.54, 1.807) is 23.9 Å². The lowest BCUT2D eigenvalue weighted by molar-refractivity contribution is 0.103. The van der Waals surface area contributed by atoms with Gasteiger partial charge in [0, 0.05) is 31.1 Å². The molecule has 0 atom stereocenters. The van der Waals surface area contributed by atoms with Crippen LogP contribution in [-0.4, -0.2) is 11.0 Å². The monoisotopic (exact) mass is 398 g/mol. The van der Waals surface area contributed by atoms with Crippen LogP contribution in [0.25, 0.3) is 0 Å². The topological polar surface area (TPSA) is 17.1 Å². The summed E-state index contributed by atoms with van der Waals surface area (Å²) in [6, 6.07) is 23.4. The molecule has 4 heteroatoms. The van der Waals surface area contributed by atoms with Crippen molar-refractivity contribution in [1.82, 2.24) is 0 Å². The summed E-state index contributed by atoms with van der Waals surface area (Å²) in [5.74, 6) is -0.0535. The molecule has 0 heterocycles. The fraction of sp³-hybridized carbons (Fsp3) is 0.136. The van der Waals surface area contributed by atoms with Gasteiger partial charge < -0.3 is 0 Å². The molecule has 1 nitrogen and oxygen atoms in total. The Morgan fingerprint density at radius 3 is 1.92 bits per heavy atom. The molecule has 0 bridgehead atoms. The number of benzene rings is 3.